The Balaban J connectivity index is 5.24. The maximum Gasteiger partial charge on any atom is 0.280 e. The Morgan fingerprint density at radius 3 is 1.65 bits per heavy atom. The van der Waals surface area contributed by atoms with Crippen LogP contribution in [-0.4, -0.2) is 71.4 Å². The molecule has 10 N–H and O–H groups in total. The van der Waals surface area contributed by atoms with Gasteiger partial charge >= 0.3 is 0 Å². The second-order valence-electron chi connectivity index (χ2n) is 3.98. The van der Waals surface area contributed by atoms with E-state index in [-0.39, 0.29) is 0 Å². The summed E-state index contributed by atoms with van der Waals surface area (Å²) in [7, 11) is -4.52. The SMILES string of the molecule is NC(CC(CO)C(NCO)(NCO)NCO)S(=O)(=O)O. The molecule has 20 heavy (non-hydrogen) atoms. The normalized spacial score (nSPS) is 16.1. The van der Waals surface area contributed by atoms with Gasteiger partial charge in [-0.25, -0.2) is 0 Å². The summed E-state index contributed by atoms with van der Waals surface area (Å²) >= 11 is 0. The van der Waals surface area contributed by atoms with Crippen molar-refractivity contribution in [2.24, 2.45) is 11.7 Å². The fourth-order valence-corrected chi connectivity index (χ4v) is 2.26. The minimum atomic E-state index is -4.52. The second kappa shape index (κ2) is 8.78. The van der Waals surface area contributed by atoms with E-state index in [0.29, 0.717) is 0 Å². The van der Waals surface area contributed by atoms with Crippen LogP contribution in [0.5, 0.6) is 0 Å². The first-order valence-electron chi connectivity index (χ1n) is 5.67. The van der Waals surface area contributed by atoms with Gasteiger partial charge in [-0.15, -0.1) is 0 Å². The molecule has 0 bridgehead atoms. The van der Waals surface area contributed by atoms with Gasteiger partial charge in [-0.05, 0) is 6.42 Å². The molecule has 0 rings (SSSR count). The van der Waals surface area contributed by atoms with Crippen molar-refractivity contribution in [2.75, 3.05) is 26.8 Å². The van der Waals surface area contributed by atoms with Crippen molar-refractivity contribution >= 4 is 10.1 Å². The van der Waals surface area contributed by atoms with Crippen molar-refractivity contribution in [3.05, 3.63) is 0 Å². The van der Waals surface area contributed by atoms with E-state index >= 15 is 0 Å². The summed E-state index contributed by atoms with van der Waals surface area (Å²) in [6.07, 6.45) is -0.414. The number of nitrogens with one attached hydrogen (secondary N) is 3. The summed E-state index contributed by atoms with van der Waals surface area (Å²) < 4.78 is 30.7. The summed E-state index contributed by atoms with van der Waals surface area (Å²) in [5.41, 5.74) is 5.29. The van der Waals surface area contributed by atoms with Gasteiger partial charge in [0, 0.05) is 5.92 Å². The average molecular weight is 318 g/mol. The van der Waals surface area contributed by atoms with Crippen molar-refractivity contribution in [1.29, 1.82) is 0 Å². The van der Waals surface area contributed by atoms with Gasteiger partial charge in [-0.1, -0.05) is 0 Å². The van der Waals surface area contributed by atoms with Crippen molar-refractivity contribution < 1.29 is 33.4 Å². The molecule has 0 aromatic rings. The number of aliphatic hydroxyl groups is 4. The number of hydrogen-bond donors (Lipinski definition) is 9. The summed E-state index contributed by atoms with van der Waals surface area (Å²) in [4.78, 5) is 0. The molecule has 0 saturated carbocycles. The molecule has 0 aliphatic carbocycles. The molecule has 0 aliphatic heterocycles. The zero-order valence-electron chi connectivity index (χ0n) is 10.7. The van der Waals surface area contributed by atoms with E-state index in [0.717, 1.165) is 0 Å². The number of rotatable bonds is 11. The smallest absolute Gasteiger partial charge is 0.280 e. The Hall–Kier alpha value is -0.410. The molecule has 0 saturated heterocycles. The second-order valence-corrected chi connectivity index (χ2v) is 5.62. The van der Waals surface area contributed by atoms with Gasteiger partial charge in [0.2, 0.25) is 0 Å². The monoisotopic (exact) mass is 318 g/mol. The van der Waals surface area contributed by atoms with Crippen LogP contribution in [-0.2, 0) is 10.1 Å². The summed E-state index contributed by atoms with van der Waals surface area (Å²) in [6.45, 7) is -2.46. The lowest BCUT2D eigenvalue weighted by Crippen LogP contribution is -2.72. The molecular formula is C8H22N4O7S. The number of hydrogen-bond acceptors (Lipinski definition) is 10. The number of nitrogens with two attached hydrogens (primary N) is 1. The maximum absolute atomic E-state index is 10.9. The highest BCUT2D eigenvalue weighted by atomic mass is 32.2. The molecule has 11 nitrogen and oxygen atoms in total. The third-order valence-corrected chi connectivity index (χ3v) is 3.76. The molecule has 0 radical (unpaired) electrons. The van der Waals surface area contributed by atoms with Crippen molar-refractivity contribution in [3.63, 3.8) is 0 Å². The molecule has 2 unspecified atom stereocenters. The van der Waals surface area contributed by atoms with Gasteiger partial charge in [-0.3, -0.25) is 20.5 Å². The molecule has 0 aromatic heterocycles. The third kappa shape index (κ3) is 5.53. The first-order valence-corrected chi connectivity index (χ1v) is 7.18. The van der Waals surface area contributed by atoms with Crippen molar-refractivity contribution in [3.8, 4) is 0 Å². The Morgan fingerprint density at radius 2 is 1.40 bits per heavy atom. The van der Waals surface area contributed by atoms with Crippen LogP contribution in [0.1, 0.15) is 6.42 Å². The molecule has 122 valence electrons. The van der Waals surface area contributed by atoms with E-state index in [2.05, 4.69) is 16.0 Å². The Labute approximate surface area is 116 Å². The predicted octanol–water partition coefficient (Wildman–Crippen LogP) is -4.57. The maximum atomic E-state index is 10.9. The minimum absolute atomic E-state index is 0.414. The van der Waals surface area contributed by atoms with E-state index in [1.807, 2.05) is 0 Å². The Morgan fingerprint density at radius 1 is 1.00 bits per heavy atom. The molecule has 0 spiro atoms. The van der Waals surface area contributed by atoms with Gasteiger partial charge < -0.3 is 26.2 Å². The topological polar surface area (TPSA) is 197 Å². The molecular weight excluding hydrogens is 296 g/mol. The Kier molecular flexibility index (Phi) is 8.60. The Bertz CT molecular complexity index is 349. The van der Waals surface area contributed by atoms with Crippen LogP contribution in [0.4, 0.5) is 0 Å². The van der Waals surface area contributed by atoms with E-state index in [1.165, 1.54) is 0 Å². The predicted molar refractivity (Wildman–Crippen MR) is 68.1 cm³/mol. The first kappa shape index (κ1) is 19.6. The van der Waals surface area contributed by atoms with Crippen LogP contribution in [0.2, 0.25) is 0 Å². The highest BCUT2D eigenvalue weighted by Crippen LogP contribution is 2.19. The average Bonchev–Trinajstić information content (AvgIpc) is 2.35. The van der Waals surface area contributed by atoms with E-state index in [1.54, 1.807) is 0 Å². The van der Waals surface area contributed by atoms with Crippen LogP contribution in [0, 0.1) is 5.92 Å². The number of aliphatic hydroxyl groups excluding tert-OH is 4. The van der Waals surface area contributed by atoms with Gasteiger partial charge in [0.1, 0.15) is 11.2 Å². The van der Waals surface area contributed by atoms with Gasteiger partial charge in [0.15, 0.2) is 0 Å². The molecule has 0 fully saturated rings. The van der Waals surface area contributed by atoms with Crippen LogP contribution in [0.25, 0.3) is 0 Å². The summed E-state index contributed by atoms with van der Waals surface area (Å²) in [5, 5.41) is 41.8. The highest BCUT2D eigenvalue weighted by Gasteiger charge is 2.39. The third-order valence-electron chi connectivity index (χ3n) is 2.81. The van der Waals surface area contributed by atoms with Crippen LogP contribution in [0.3, 0.4) is 0 Å². The fraction of sp³-hybridized carbons (Fsp3) is 1.00. The molecule has 0 amide bonds. The summed E-state index contributed by atoms with van der Waals surface area (Å²) in [6, 6.07) is 0. The summed E-state index contributed by atoms with van der Waals surface area (Å²) in [5.74, 6) is -2.60. The lowest BCUT2D eigenvalue weighted by molar-refractivity contribution is -0.00100. The van der Waals surface area contributed by atoms with Gasteiger partial charge in [0.05, 0.1) is 26.8 Å². The van der Waals surface area contributed by atoms with Crippen LogP contribution >= 0.6 is 0 Å². The molecule has 0 aromatic carbocycles. The van der Waals surface area contributed by atoms with Crippen molar-refractivity contribution in [1.82, 2.24) is 16.0 Å². The molecule has 2 atom stereocenters. The molecule has 12 heteroatoms. The molecule has 0 aliphatic rings. The fourth-order valence-electron chi connectivity index (χ4n) is 1.78. The first-order chi connectivity index (χ1) is 9.27. The zero-order chi connectivity index (χ0) is 15.8. The lowest BCUT2D eigenvalue weighted by atomic mass is 9.97. The van der Waals surface area contributed by atoms with E-state index in [4.69, 9.17) is 25.6 Å². The van der Waals surface area contributed by atoms with E-state index in [9.17, 15) is 13.5 Å². The van der Waals surface area contributed by atoms with Gasteiger partial charge in [-0.2, -0.15) is 8.42 Å². The van der Waals surface area contributed by atoms with Crippen molar-refractivity contribution in [2.45, 2.75) is 17.6 Å². The molecule has 0 heterocycles. The quantitative estimate of drug-likeness (QED) is 0.131. The van der Waals surface area contributed by atoms with Crippen LogP contribution < -0.4 is 21.7 Å². The van der Waals surface area contributed by atoms with Crippen LogP contribution in [0.15, 0.2) is 0 Å². The zero-order valence-corrected chi connectivity index (χ0v) is 11.5. The minimum Gasteiger partial charge on any atom is -0.396 e. The standard InChI is InChI=1S/C8H22N4O7S/c9-7(20(17,18)19)1-6(2-13)8(10-3-14,11-4-15)12-5-16/h6-7,10-16H,1-5,9H2,(H,17,18,19). The lowest BCUT2D eigenvalue weighted by Gasteiger charge is -2.41. The largest absolute Gasteiger partial charge is 0.396 e. The van der Waals surface area contributed by atoms with Gasteiger partial charge in [0.25, 0.3) is 10.1 Å². The highest BCUT2D eigenvalue weighted by molar-refractivity contribution is 7.86. The van der Waals surface area contributed by atoms with E-state index < -0.39 is 60.4 Å².